The molecule has 60 valence electrons. The van der Waals surface area contributed by atoms with E-state index in [0.717, 1.165) is 5.56 Å². The predicted molar refractivity (Wildman–Crippen MR) is 49.6 cm³/mol. The molecule has 0 amide bonds. The summed E-state index contributed by atoms with van der Waals surface area (Å²) in [6.07, 6.45) is 0. The van der Waals surface area contributed by atoms with Gasteiger partial charge < -0.3 is 0 Å². The molecule has 0 saturated heterocycles. The summed E-state index contributed by atoms with van der Waals surface area (Å²) in [7, 11) is 0. The van der Waals surface area contributed by atoms with E-state index in [1.165, 1.54) is 5.56 Å². The zero-order chi connectivity index (χ0) is 8.48. The van der Waals surface area contributed by atoms with E-state index in [1.807, 2.05) is 0 Å². The largest absolute Gasteiger partial charge is 1.00 e. The summed E-state index contributed by atoms with van der Waals surface area (Å²) >= 11 is 0. The van der Waals surface area contributed by atoms with Crippen molar-refractivity contribution in [3.05, 3.63) is 42.3 Å². The van der Waals surface area contributed by atoms with E-state index >= 15 is 0 Å². The molecule has 0 aliphatic carbocycles. The van der Waals surface area contributed by atoms with Gasteiger partial charge in [-0.1, -0.05) is 26.3 Å². The zero-order valence-corrected chi connectivity index (χ0v) is 11.6. The Balaban J connectivity index is 0.00000121. The van der Waals surface area contributed by atoms with Gasteiger partial charge in [0, 0.05) is 0 Å². The molecule has 0 heterocycles. The summed E-state index contributed by atoms with van der Waals surface area (Å²) in [6.45, 7) is 10.5. The molecule has 0 radical (unpaired) electrons. The van der Waals surface area contributed by atoms with Crippen LogP contribution in [0.1, 0.15) is 31.9 Å². The maximum Gasteiger partial charge on any atom is 1.00 e. The van der Waals surface area contributed by atoms with Crippen LogP contribution in [0.4, 0.5) is 0 Å². The molecule has 0 atom stereocenters. The third-order valence-corrected chi connectivity index (χ3v) is 1.82. The van der Waals surface area contributed by atoms with E-state index in [9.17, 15) is 0 Å². The molecule has 12 heavy (non-hydrogen) atoms. The molecule has 1 aromatic carbocycles. The third-order valence-electron chi connectivity index (χ3n) is 1.82. The Morgan fingerprint density at radius 2 is 1.42 bits per heavy atom. The summed E-state index contributed by atoms with van der Waals surface area (Å²) in [5.74, 6) is 0. The molecular formula is C11H15K. The minimum absolute atomic E-state index is 0. The van der Waals surface area contributed by atoms with Gasteiger partial charge in [0.05, 0.1) is 0 Å². The Morgan fingerprint density at radius 1 is 1.00 bits per heavy atom. The Kier molecular flexibility index (Phi) is 5.11. The Bertz CT molecular complexity index is 228. The summed E-state index contributed by atoms with van der Waals surface area (Å²) in [5.41, 5.74) is 2.70. The van der Waals surface area contributed by atoms with E-state index < -0.39 is 0 Å². The van der Waals surface area contributed by atoms with Gasteiger partial charge in [0.15, 0.2) is 0 Å². The smallest absolute Gasteiger partial charge is 0.199 e. The fourth-order valence-corrected chi connectivity index (χ4v) is 1.00. The van der Waals surface area contributed by atoms with Crippen molar-refractivity contribution in [1.29, 1.82) is 0 Å². The van der Waals surface area contributed by atoms with Crippen molar-refractivity contribution in [3.63, 3.8) is 0 Å². The monoisotopic (exact) mass is 186 g/mol. The van der Waals surface area contributed by atoms with E-state index in [4.69, 9.17) is 0 Å². The van der Waals surface area contributed by atoms with Crippen LogP contribution in [-0.2, 0) is 5.41 Å². The maximum absolute atomic E-state index is 3.84. The summed E-state index contributed by atoms with van der Waals surface area (Å²) < 4.78 is 0. The Morgan fingerprint density at radius 3 is 1.75 bits per heavy atom. The molecule has 0 spiro atoms. The minimum atomic E-state index is 0. The summed E-state index contributed by atoms with van der Waals surface area (Å²) in [6, 6.07) is 8.39. The van der Waals surface area contributed by atoms with E-state index in [1.54, 1.807) is 0 Å². The van der Waals surface area contributed by atoms with Gasteiger partial charge in [-0.05, 0) is 5.41 Å². The fraction of sp³-hybridized carbons (Fsp3) is 0.364. The molecule has 0 aliphatic rings. The van der Waals surface area contributed by atoms with Gasteiger partial charge in [-0.25, -0.2) is 0 Å². The first kappa shape index (κ1) is 12.7. The quantitative estimate of drug-likeness (QED) is 0.400. The molecule has 1 heteroatoms. The maximum atomic E-state index is 3.84. The van der Waals surface area contributed by atoms with Gasteiger partial charge in [-0.3, -0.25) is 0 Å². The Labute approximate surface area is 118 Å². The second kappa shape index (κ2) is 4.82. The van der Waals surface area contributed by atoms with Gasteiger partial charge in [0.25, 0.3) is 0 Å². The van der Waals surface area contributed by atoms with Crippen LogP contribution in [0.5, 0.6) is 0 Å². The molecule has 0 unspecified atom stereocenters. The summed E-state index contributed by atoms with van der Waals surface area (Å²) in [4.78, 5) is 0. The van der Waals surface area contributed by atoms with E-state index in [-0.39, 0.29) is 56.8 Å². The van der Waals surface area contributed by atoms with Gasteiger partial charge in [-0.15, -0.1) is 12.1 Å². The molecule has 0 saturated carbocycles. The second-order valence-electron chi connectivity index (χ2n) is 3.95. The van der Waals surface area contributed by atoms with Crippen LogP contribution in [0.25, 0.3) is 0 Å². The van der Waals surface area contributed by atoms with Crippen molar-refractivity contribution >= 4 is 0 Å². The second-order valence-corrected chi connectivity index (χ2v) is 3.95. The van der Waals surface area contributed by atoms with Crippen LogP contribution in [0, 0.1) is 6.92 Å². The van der Waals surface area contributed by atoms with Gasteiger partial charge in [0.2, 0.25) is 0 Å². The number of hydrogen-bond acceptors (Lipinski definition) is 0. The molecule has 0 aliphatic heterocycles. The van der Waals surface area contributed by atoms with Crippen LogP contribution < -0.4 is 51.4 Å². The van der Waals surface area contributed by atoms with Crippen LogP contribution in [0.3, 0.4) is 0 Å². The molecule has 0 aromatic heterocycles. The van der Waals surface area contributed by atoms with Crippen LogP contribution in [0.15, 0.2) is 24.3 Å². The molecular weight excluding hydrogens is 171 g/mol. The Hall–Kier alpha value is 0.726. The first-order chi connectivity index (χ1) is 5.00. The van der Waals surface area contributed by atoms with Crippen molar-refractivity contribution < 1.29 is 51.4 Å². The van der Waals surface area contributed by atoms with E-state index in [2.05, 4.69) is 52.0 Å². The zero-order valence-electron chi connectivity index (χ0n) is 8.52. The predicted octanol–water partition coefficient (Wildman–Crippen LogP) is 0.170. The molecule has 1 aromatic rings. The standard InChI is InChI=1S/C11H15.K/c1-9-5-7-10(8-6-9)11(2,3)4;/h5-8H,1H2,2-4H3;/q-1;+1. The molecule has 0 nitrogen and oxygen atoms in total. The first-order valence-electron chi connectivity index (χ1n) is 3.92. The van der Waals surface area contributed by atoms with Crippen molar-refractivity contribution in [2.45, 2.75) is 26.2 Å². The van der Waals surface area contributed by atoms with Gasteiger partial charge in [0.1, 0.15) is 0 Å². The molecule has 0 bridgehead atoms. The normalized spacial score (nSPS) is 10.6. The van der Waals surface area contributed by atoms with Crippen molar-refractivity contribution in [3.8, 4) is 0 Å². The first-order valence-corrected chi connectivity index (χ1v) is 3.92. The van der Waals surface area contributed by atoms with Crippen LogP contribution >= 0.6 is 0 Å². The number of rotatable bonds is 0. The molecule has 0 N–H and O–H groups in total. The van der Waals surface area contributed by atoms with Gasteiger partial charge in [-0.2, -0.15) is 24.6 Å². The number of benzene rings is 1. The minimum Gasteiger partial charge on any atom is -0.199 e. The summed E-state index contributed by atoms with van der Waals surface area (Å²) in [5, 5.41) is 0. The third kappa shape index (κ3) is 3.63. The van der Waals surface area contributed by atoms with Crippen LogP contribution in [-0.4, -0.2) is 0 Å². The molecule has 0 fully saturated rings. The average Bonchev–Trinajstić information content (AvgIpc) is 1.86. The van der Waals surface area contributed by atoms with Crippen molar-refractivity contribution in [1.82, 2.24) is 0 Å². The van der Waals surface area contributed by atoms with E-state index in [0.29, 0.717) is 0 Å². The van der Waals surface area contributed by atoms with Crippen molar-refractivity contribution in [2.24, 2.45) is 0 Å². The fourth-order valence-electron chi connectivity index (χ4n) is 1.00. The molecule has 1 rings (SSSR count). The van der Waals surface area contributed by atoms with Crippen molar-refractivity contribution in [2.75, 3.05) is 0 Å². The van der Waals surface area contributed by atoms with Gasteiger partial charge >= 0.3 is 51.4 Å². The SMILES string of the molecule is [CH2-]c1ccc(C(C)(C)C)cc1.[K+]. The topological polar surface area (TPSA) is 0 Å². The number of hydrogen-bond donors (Lipinski definition) is 0. The van der Waals surface area contributed by atoms with Crippen LogP contribution in [0.2, 0.25) is 0 Å². The average molecular weight is 186 g/mol.